The zero-order chi connectivity index (χ0) is 21.9. The van der Waals surface area contributed by atoms with Crippen LogP contribution in [0, 0.1) is 0 Å². The van der Waals surface area contributed by atoms with E-state index in [1.165, 1.54) is 35.9 Å². The normalized spacial score (nSPS) is 16.6. The smallest absolute Gasteiger partial charge is 0.244 e. The van der Waals surface area contributed by atoms with E-state index in [0.29, 0.717) is 11.7 Å². The maximum atomic E-state index is 13.1. The van der Waals surface area contributed by atoms with Gasteiger partial charge >= 0.3 is 0 Å². The first-order valence-corrected chi connectivity index (χ1v) is 12.8. The fourth-order valence-corrected chi connectivity index (χ4v) is 6.06. The van der Waals surface area contributed by atoms with E-state index >= 15 is 0 Å². The van der Waals surface area contributed by atoms with E-state index in [2.05, 4.69) is 37.6 Å². The van der Waals surface area contributed by atoms with Crippen molar-refractivity contribution in [2.75, 3.05) is 22.5 Å². The van der Waals surface area contributed by atoms with Crippen molar-refractivity contribution < 1.29 is 9.59 Å². The molecule has 0 bridgehead atoms. The standard InChI is InChI=1S/C23H25N5O2S2/c29-21-14-27(19-11-5-4-10-18(19)24-21)22(30)15-32-23-26-25-20(13-17-9-6-12-31-17)28(23)16-7-2-1-3-8-16/h4-6,9-12,16H,1-3,7-8,13-15H2,(H,24,29). The zero-order valence-electron chi connectivity index (χ0n) is 17.7. The van der Waals surface area contributed by atoms with Crippen LogP contribution in [-0.4, -0.2) is 38.9 Å². The summed E-state index contributed by atoms with van der Waals surface area (Å²) in [7, 11) is 0. The number of aromatic nitrogens is 3. The molecule has 2 aliphatic rings. The van der Waals surface area contributed by atoms with Gasteiger partial charge in [-0.05, 0) is 36.4 Å². The van der Waals surface area contributed by atoms with Crippen molar-refractivity contribution in [1.29, 1.82) is 0 Å². The van der Waals surface area contributed by atoms with Crippen molar-refractivity contribution in [2.45, 2.75) is 49.7 Å². The number of carbonyl (C=O) groups is 2. The van der Waals surface area contributed by atoms with Crippen molar-refractivity contribution in [3.05, 3.63) is 52.5 Å². The molecule has 1 aliphatic carbocycles. The highest BCUT2D eigenvalue weighted by Crippen LogP contribution is 2.34. The Labute approximate surface area is 195 Å². The average Bonchev–Trinajstić information content (AvgIpc) is 3.47. The van der Waals surface area contributed by atoms with Gasteiger partial charge in [-0.25, -0.2) is 0 Å². The van der Waals surface area contributed by atoms with Crippen LogP contribution in [0.15, 0.2) is 46.9 Å². The molecule has 32 heavy (non-hydrogen) atoms. The molecule has 1 fully saturated rings. The number of rotatable bonds is 6. The van der Waals surface area contributed by atoms with E-state index in [4.69, 9.17) is 0 Å². The summed E-state index contributed by atoms with van der Waals surface area (Å²) in [5, 5.41) is 14.7. The summed E-state index contributed by atoms with van der Waals surface area (Å²) >= 11 is 3.15. The van der Waals surface area contributed by atoms with Gasteiger partial charge in [0.2, 0.25) is 11.8 Å². The number of hydrogen-bond donors (Lipinski definition) is 1. The minimum Gasteiger partial charge on any atom is -0.323 e. The molecule has 0 atom stereocenters. The van der Waals surface area contributed by atoms with E-state index in [-0.39, 0.29) is 24.1 Å². The van der Waals surface area contributed by atoms with Gasteiger partial charge in [-0.15, -0.1) is 21.5 Å². The molecule has 0 saturated heterocycles. The van der Waals surface area contributed by atoms with Gasteiger partial charge in [0, 0.05) is 17.3 Å². The van der Waals surface area contributed by atoms with Crippen molar-refractivity contribution in [3.63, 3.8) is 0 Å². The summed E-state index contributed by atoms with van der Waals surface area (Å²) in [5.74, 6) is 0.906. The average molecular weight is 468 g/mol. The van der Waals surface area contributed by atoms with Crippen LogP contribution in [0.3, 0.4) is 0 Å². The Balaban J connectivity index is 1.35. The van der Waals surface area contributed by atoms with E-state index < -0.39 is 0 Å². The van der Waals surface area contributed by atoms with Crippen LogP contribution in [-0.2, 0) is 16.0 Å². The number of para-hydroxylation sites is 2. The predicted molar refractivity (Wildman–Crippen MR) is 127 cm³/mol. The number of anilines is 2. The SMILES string of the molecule is O=C1CN(C(=O)CSc2nnc(Cc3cccs3)n2C2CCCCC2)c2ccccc2N1. The molecule has 5 rings (SSSR count). The molecule has 0 unspecified atom stereocenters. The molecular formula is C23H25N5O2S2. The first-order chi connectivity index (χ1) is 15.7. The summed E-state index contributed by atoms with van der Waals surface area (Å²) in [5.41, 5.74) is 1.41. The number of nitrogens with one attached hydrogen (secondary N) is 1. The van der Waals surface area contributed by atoms with Gasteiger partial charge in [-0.3, -0.25) is 9.59 Å². The van der Waals surface area contributed by atoms with Crippen molar-refractivity contribution in [3.8, 4) is 0 Å². The summed E-state index contributed by atoms with van der Waals surface area (Å²) in [4.78, 5) is 28.0. The summed E-state index contributed by atoms with van der Waals surface area (Å²) < 4.78 is 2.27. The van der Waals surface area contributed by atoms with Gasteiger partial charge in [0.15, 0.2) is 5.16 Å². The second-order valence-corrected chi connectivity index (χ2v) is 10.1. The molecule has 3 heterocycles. The van der Waals surface area contributed by atoms with Crippen molar-refractivity contribution >= 4 is 46.3 Å². The Hall–Kier alpha value is -2.65. The fraction of sp³-hybridized carbons (Fsp3) is 0.391. The lowest BCUT2D eigenvalue weighted by atomic mass is 9.95. The minimum atomic E-state index is -0.175. The third-order valence-electron chi connectivity index (χ3n) is 5.98. The van der Waals surface area contributed by atoms with Crippen LogP contribution in [0.2, 0.25) is 0 Å². The number of carbonyl (C=O) groups excluding carboxylic acids is 2. The third-order valence-corrected chi connectivity index (χ3v) is 7.79. The van der Waals surface area contributed by atoms with E-state index in [1.807, 2.05) is 24.3 Å². The highest BCUT2D eigenvalue weighted by Gasteiger charge is 2.28. The minimum absolute atomic E-state index is 0.0371. The second-order valence-electron chi connectivity index (χ2n) is 8.15. The fourth-order valence-electron chi connectivity index (χ4n) is 4.46. The Morgan fingerprint density at radius 1 is 1.12 bits per heavy atom. The molecule has 1 saturated carbocycles. The van der Waals surface area contributed by atoms with Crippen LogP contribution < -0.4 is 10.2 Å². The number of nitrogens with zero attached hydrogens (tertiary/aromatic N) is 4. The van der Waals surface area contributed by atoms with Crippen LogP contribution in [0.1, 0.15) is 48.8 Å². The highest BCUT2D eigenvalue weighted by atomic mass is 32.2. The molecule has 0 spiro atoms. The number of benzene rings is 1. The molecule has 1 N–H and O–H groups in total. The lowest BCUT2D eigenvalue weighted by Gasteiger charge is -2.29. The van der Waals surface area contributed by atoms with Crippen LogP contribution in [0.4, 0.5) is 11.4 Å². The topological polar surface area (TPSA) is 80.1 Å². The quantitative estimate of drug-likeness (QED) is 0.540. The van der Waals surface area contributed by atoms with Gasteiger partial charge in [-0.1, -0.05) is 49.2 Å². The van der Waals surface area contributed by atoms with Gasteiger partial charge in [0.05, 0.1) is 17.1 Å². The number of amides is 2. The first kappa shape index (κ1) is 21.2. The molecule has 2 amide bonds. The van der Waals surface area contributed by atoms with Crippen LogP contribution in [0.5, 0.6) is 0 Å². The van der Waals surface area contributed by atoms with Gasteiger partial charge in [0.25, 0.3) is 0 Å². The maximum Gasteiger partial charge on any atom is 0.244 e. The molecule has 1 aliphatic heterocycles. The van der Waals surface area contributed by atoms with E-state index in [9.17, 15) is 9.59 Å². The summed E-state index contributed by atoms with van der Waals surface area (Å²) in [6, 6.07) is 12.0. The molecule has 7 nitrogen and oxygen atoms in total. The first-order valence-electron chi connectivity index (χ1n) is 11.0. The van der Waals surface area contributed by atoms with Crippen LogP contribution >= 0.6 is 23.1 Å². The van der Waals surface area contributed by atoms with Gasteiger partial charge < -0.3 is 14.8 Å². The molecule has 166 valence electrons. The Bertz CT molecular complexity index is 1110. The highest BCUT2D eigenvalue weighted by molar-refractivity contribution is 7.99. The molecule has 0 radical (unpaired) electrons. The maximum absolute atomic E-state index is 13.1. The molecule has 3 aromatic rings. The number of thiophene rings is 1. The molecule has 2 aromatic heterocycles. The molecular weight excluding hydrogens is 442 g/mol. The predicted octanol–water partition coefficient (Wildman–Crippen LogP) is 4.51. The summed E-state index contributed by atoms with van der Waals surface area (Å²) in [6.07, 6.45) is 6.70. The largest absolute Gasteiger partial charge is 0.323 e. The Morgan fingerprint density at radius 3 is 2.78 bits per heavy atom. The lowest BCUT2D eigenvalue weighted by Crippen LogP contribution is -2.43. The monoisotopic (exact) mass is 467 g/mol. The number of thioether (sulfide) groups is 1. The zero-order valence-corrected chi connectivity index (χ0v) is 19.3. The number of hydrogen-bond acceptors (Lipinski definition) is 6. The molecule has 9 heteroatoms. The Morgan fingerprint density at radius 2 is 1.97 bits per heavy atom. The number of fused-ring (bicyclic) bond motifs is 1. The van der Waals surface area contributed by atoms with E-state index in [0.717, 1.165) is 35.9 Å². The van der Waals surface area contributed by atoms with Crippen LogP contribution in [0.25, 0.3) is 0 Å². The van der Waals surface area contributed by atoms with Crippen molar-refractivity contribution in [2.24, 2.45) is 0 Å². The van der Waals surface area contributed by atoms with Crippen molar-refractivity contribution in [1.82, 2.24) is 14.8 Å². The van der Waals surface area contributed by atoms with Gasteiger partial charge in [-0.2, -0.15) is 0 Å². The van der Waals surface area contributed by atoms with E-state index in [1.54, 1.807) is 16.2 Å². The Kier molecular flexibility index (Phi) is 6.27. The second kappa shape index (κ2) is 9.46. The third kappa shape index (κ3) is 4.45. The van der Waals surface area contributed by atoms with Gasteiger partial charge in [0.1, 0.15) is 12.4 Å². The lowest BCUT2D eigenvalue weighted by molar-refractivity contribution is -0.120. The molecule has 1 aromatic carbocycles. The summed E-state index contributed by atoms with van der Waals surface area (Å²) in [6.45, 7) is 0.0371.